The molecule has 1 aliphatic heterocycles. The van der Waals surface area contributed by atoms with E-state index in [4.69, 9.17) is 5.73 Å². The first-order chi connectivity index (χ1) is 6.66. The Morgan fingerprint density at radius 2 is 2.07 bits per heavy atom. The fourth-order valence-corrected chi connectivity index (χ4v) is 1.81. The largest absolute Gasteiger partial charge is 0.399 e. The molecular weight excluding hydrogens is 176 g/mol. The van der Waals surface area contributed by atoms with Gasteiger partial charge in [-0.05, 0) is 29.7 Å². The molecular formula is C11H14N2O. The molecule has 1 aliphatic rings. The predicted octanol–water partition coefficient (Wildman–Crippen LogP) is 1.17. The van der Waals surface area contributed by atoms with Crippen LogP contribution in [0.25, 0.3) is 0 Å². The maximum Gasteiger partial charge on any atom is 0.222 e. The molecule has 0 radical (unpaired) electrons. The molecule has 0 fully saturated rings. The number of carbonyl (C=O) groups excluding carboxylic acids is 1. The van der Waals surface area contributed by atoms with Gasteiger partial charge in [0, 0.05) is 25.7 Å². The zero-order chi connectivity index (χ0) is 10.1. The van der Waals surface area contributed by atoms with Gasteiger partial charge in [0.05, 0.1) is 0 Å². The molecule has 3 heteroatoms. The van der Waals surface area contributed by atoms with Crippen molar-refractivity contribution >= 4 is 11.6 Å². The zero-order valence-electron chi connectivity index (χ0n) is 8.29. The first-order valence-corrected chi connectivity index (χ1v) is 4.78. The summed E-state index contributed by atoms with van der Waals surface area (Å²) in [6.45, 7) is 0.680. The molecule has 1 heterocycles. The molecule has 1 amide bonds. The molecule has 1 aromatic carbocycles. The molecule has 2 N–H and O–H groups in total. The summed E-state index contributed by atoms with van der Waals surface area (Å²) in [5, 5.41) is 0. The van der Waals surface area contributed by atoms with Crippen molar-refractivity contribution in [2.45, 2.75) is 19.4 Å². The smallest absolute Gasteiger partial charge is 0.222 e. The fourth-order valence-electron chi connectivity index (χ4n) is 1.81. The maximum atomic E-state index is 11.5. The van der Waals surface area contributed by atoms with E-state index in [0.29, 0.717) is 13.0 Å². The van der Waals surface area contributed by atoms with Crippen molar-refractivity contribution in [3.8, 4) is 0 Å². The molecule has 2 rings (SSSR count). The van der Waals surface area contributed by atoms with Crippen LogP contribution in [0.5, 0.6) is 0 Å². The molecule has 0 bridgehead atoms. The van der Waals surface area contributed by atoms with E-state index in [9.17, 15) is 4.79 Å². The highest BCUT2D eigenvalue weighted by Gasteiger charge is 2.16. The Morgan fingerprint density at radius 1 is 1.29 bits per heavy atom. The van der Waals surface area contributed by atoms with Crippen LogP contribution < -0.4 is 5.73 Å². The molecule has 0 atom stereocenters. The summed E-state index contributed by atoms with van der Waals surface area (Å²) in [6, 6.07) is 5.89. The van der Waals surface area contributed by atoms with E-state index in [2.05, 4.69) is 0 Å². The van der Waals surface area contributed by atoms with Gasteiger partial charge in [-0.1, -0.05) is 6.07 Å². The van der Waals surface area contributed by atoms with Crippen LogP contribution in [0.1, 0.15) is 17.5 Å². The van der Waals surface area contributed by atoms with Crippen LogP contribution in [0, 0.1) is 0 Å². The van der Waals surface area contributed by atoms with Gasteiger partial charge in [-0.25, -0.2) is 0 Å². The van der Waals surface area contributed by atoms with Gasteiger partial charge in [-0.3, -0.25) is 4.79 Å². The first-order valence-electron chi connectivity index (χ1n) is 4.78. The Labute approximate surface area is 83.5 Å². The number of nitrogens with zero attached hydrogens (tertiary/aromatic N) is 1. The third-order valence-electron chi connectivity index (χ3n) is 2.67. The van der Waals surface area contributed by atoms with E-state index >= 15 is 0 Å². The summed E-state index contributed by atoms with van der Waals surface area (Å²) in [7, 11) is 1.83. The van der Waals surface area contributed by atoms with Gasteiger partial charge < -0.3 is 10.6 Å². The van der Waals surface area contributed by atoms with Crippen molar-refractivity contribution < 1.29 is 4.79 Å². The third kappa shape index (κ3) is 1.58. The lowest BCUT2D eigenvalue weighted by Crippen LogP contribution is -2.24. The summed E-state index contributed by atoms with van der Waals surface area (Å²) in [6.07, 6.45) is 1.44. The molecule has 0 unspecified atom stereocenters. The zero-order valence-corrected chi connectivity index (χ0v) is 8.29. The molecule has 14 heavy (non-hydrogen) atoms. The van der Waals surface area contributed by atoms with Gasteiger partial charge in [0.2, 0.25) is 5.91 Å². The highest BCUT2D eigenvalue weighted by Crippen LogP contribution is 2.20. The van der Waals surface area contributed by atoms with Crippen LogP contribution in [-0.2, 0) is 17.8 Å². The van der Waals surface area contributed by atoms with E-state index in [1.807, 2.05) is 25.2 Å². The lowest BCUT2D eigenvalue weighted by atomic mass is 10.0. The highest BCUT2D eigenvalue weighted by molar-refractivity contribution is 5.77. The fraction of sp³-hybridized carbons (Fsp3) is 0.364. The minimum atomic E-state index is 0.208. The second-order valence-electron chi connectivity index (χ2n) is 3.78. The predicted molar refractivity (Wildman–Crippen MR) is 55.6 cm³/mol. The van der Waals surface area contributed by atoms with Crippen LogP contribution in [-0.4, -0.2) is 17.9 Å². The molecule has 3 nitrogen and oxygen atoms in total. The number of amides is 1. The maximum absolute atomic E-state index is 11.5. The van der Waals surface area contributed by atoms with E-state index in [0.717, 1.165) is 12.1 Å². The lowest BCUT2D eigenvalue weighted by molar-refractivity contribution is -0.130. The van der Waals surface area contributed by atoms with E-state index < -0.39 is 0 Å². The second kappa shape index (κ2) is 3.33. The normalized spacial score (nSPS) is 16.4. The number of hydrogen-bond donors (Lipinski definition) is 1. The van der Waals surface area contributed by atoms with Crippen molar-refractivity contribution in [2.24, 2.45) is 0 Å². The Kier molecular flexibility index (Phi) is 2.15. The minimum absolute atomic E-state index is 0.208. The van der Waals surface area contributed by atoms with E-state index in [1.54, 1.807) is 4.90 Å². The van der Waals surface area contributed by atoms with Crippen LogP contribution >= 0.6 is 0 Å². The molecule has 1 aromatic rings. The number of hydrogen-bond acceptors (Lipinski definition) is 2. The summed E-state index contributed by atoms with van der Waals surface area (Å²) < 4.78 is 0. The number of nitrogens with two attached hydrogens (primary N) is 1. The molecule has 0 saturated carbocycles. The molecule has 0 spiro atoms. The van der Waals surface area contributed by atoms with Gasteiger partial charge in [0.1, 0.15) is 0 Å². The number of rotatable bonds is 0. The quantitative estimate of drug-likeness (QED) is 0.624. The van der Waals surface area contributed by atoms with Crippen LogP contribution in [0.15, 0.2) is 18.2 Å². The van der Waals surface area contributed by atoms with E-state index in [1.165, 1.54) is 11.1 Å². The van der Waals surface area contributed by atoms with Crippen molar-refractivity contribution in [1.29, 1.82) is 0 Å². The number of fused-ring (bicyclic) bond motifs is 1. The molecule has 74 valence electrons. The lowest BCUT2D eigenvalue weighted by Gasteiger charge is -2.14. The Bertz CT molecular complexity index is 374. The number of aryl methyl sites for hydroxylation is 1. The van der Waals surface area contributed by atoms with Crippen LogP contribution in [0.3, 0.4) is 0 Å². The van der Waals surface area contributed by atoms with Gasteiger partial charge in [-0.2, -0.15) is 0 Å². The van der Waals surface area contributed by atoms with Gasteiger partial charge in [0.15, 0.2) is 0 Å². The average Bonchev–Trinajstić information content (AvgIpc) is 2.27. The number of nitrogen functional groups attached to an aromatic ring is 1. The monoisotopic (exact) mass is 190 g/mol. The van der Waals surface area contributed by atoms with Gasteiger partial charge >= 0.3 is 0 Å². The topological polar surface area (TPSA) is 46.3 Å². The number of anilines is 1. The molecule has 0 aromatic heterocycles. The first kappa shape index (κ1) is 9.06. The van der Waals surface area contributed by atoms with Crippen molar-refractivity contribution in [2.75, 3.05) is 12.8 Å². The van der Waals surface area contributed by atoms with Gasteiger partial charge in [-0.15, -0.1) is 0 Å². The van der Waals surface area contributed by atoms with Gasteiger partial charge in [0.25, 0.3) is 0 Å². The number of carbonyl (C=O) groups is 1. The average molecular weight is 190 g/mol. The summed E-state index contributed by atoms with van der Waals surface area (Å²) in [5.41, 5.74) is 8.91. The third-order valence-corrected chi connectivity index (χ3v) is 2.67. The van der Waals surface area contributed by atoms with Crippen molar-refractivity contribution in [3.05, 3.63) is 29.3 Å². The summed E-state index contributed by atoms with van der Waals surface area (Å²) in [4.78, 5) is 13.2. The second-order valence-corrected chi connectivity index (χ2v) is 3.78. The summed E-state index contributed by atoms with van der Waals surface area (Å²) >= 11 is 0. The van der Waals surface area contributed by atoms with E-state index in [-0.39, 0.29) is 5.91 Å². The Balaban J connectivity index is 2.38. The molecule has 0 aliphatic carbocycles. The Morgan fingerprint density at radius 3 is 2.86 bits per heavy atom. The molecule has 0 saturated heterocycles. The van der Waals surface area contributed by atoms with Crippen LogP contribution in [0.4, 0.5) is 5.69 Å². The summed E-state index contributed by atoms with van der Waals surface area (Å²) in [5.74, 6) is 0.208. The minimum Gasteiger partial charge on any atom is -0.399 e. The Hall–Kier alpha value is -1.51. The van der Waals surface area contributed by atoms with Crippen molar-refractivity contribution in [3.63, 3.8) is 0 Å². The highest BCUT2D eigenvalue weighted by atomic mass is 16.2. The standard InChI is InChI=1S/C11H14N2O/c1-13-7-9-6-10(12)4-2-8(9)3-5-11(13)14/h2,4,6H,3,5,7,12H2,1H3. The SMILES string of the molecule is CN1Cc2cc(N)ccc2CCC1=O. The number of benzene rings is 1. The van der Waals surface area contributed by atoms with Crippen molar-refractivity contribution in [1.82, 2.24) is 4.90 Å². The van der Waals surface area contributed by atoms with Crippen LogP contribution in [0.2, 0.25) is 0 Å².